The van der Waals surface area contributed by atoms with Gasteiger partial charge in [-0.3, -0.25) is 4.79 Å². The maximum atomic E-state index is 11.4. The zero-order valence-electron chi connectivity index (χ0n) is 9.38. The third-order valence-electron chi connectivity index (χ3n) is 2.91. The van der Waals surface area contributed by atoms with E-state index in [-0.39, 0.29) is 5.91 Å². The fraction of sp³-hybridized carbons (Fsp3) is 0.909. The zero-order valence-corrected chi connectivity index (χ0v) is 9.38. The molecule has 0 aromatic heterocycles. The maximum absolute atomic E-state index is 11.4. The minimum Gasteiger partial charge on any atom is -0.349 e. The Labute approximate surface area is 86.9 Å². The summed E-state index contributed by atoms with van der Waals surface area (Å²) in [6.45, 7) is 2.25. The predicted octanol–water partition coefficient (Wildman–Crippen LogP) is 1.24. The minimum atomic E-state index is 0.259. The maximum Gasteiger partial charge on any atom is 0.222 e. The molecule has 3 heteroatoms. The second-order valence-corrected chi connectivity index (χ2v) is 4.39. The van der Waals surface area contributed by atoms with Crippen molar-refractivity contribution < 1.29 is 4.79 Å². The van der Waals surface area contributed by atoms with Gasteiger partial charge in [0.15, 0.2) is 0 Å². The Hall–Kier alpha value is -0.570. The van der Waals surface area contributed by atoms with Crippen LogP contribution in [-0.4, -0.2) is 38.0 Å². The Balaban J connectivity index is 2.19. The smallest absolute Gasteiger partial charge is 0.222 e. The largest absolute Gasteiger partial charge is 0.349 e. The van der Waals surface area contributed by atoms with Crippen molar-refractivity contribution in [2.75, 3.05) is 27.2 Å². The average Bonchev–Trinajstić information content (AvgIpc) is 2.42. The lowest BCUT2D eigenvalue weighted by Gasteiger charge is -2.15. The van der Waals surface area contributed by atoms with E-state index in [1.54, 1.807) is 4.90 Å². The van der Waals surface area contributed by atoms with Gasteiger partial charge in [0.05, 0.1) is 0 Å². The van der Waals surface area contributed by atoms with Crippen LogP contribution in [0.15, 0.2) is 0 Å². The normalized spacial score (nSPS) is 22.9. The number of amides is 1. The van der Waals surface area contributed by atoms with Gasteiger partial charge in [-0.05, 0) is 38.3 Å². The monoisotopic (exact) mass is 198 g/mol. The second-order valence-electron chi connectivity index (χ2n) is 4.39. The SMILES string of the molecule is CN(C)C(=O)CCC1CCCCNC1. The van der Waals surface area contributed by atoms with E-state index in [9.17, 15) is 4.79 Å². The molecule has 0 aliphatic carbocycles. The first-order chi connectivity index (χ1) is 6.70. The first-order valence-electron chi connectivity index (χ1n) is 5.61. The lowest BCUT2D eigenvalue weighted by Crippen LogP contribution is -2.25. The molecule has 1 saturated heterocycles. The highest BCUT2D eigenvalue weighted by molar-refractivity contribution is 5.75. The van der Waals surface area contributed by atoms with E-state index in [4.69, 9.17) is 0 Å². The molecule has 1 unspecified atom stereocenters. The summed E-state index contributed by atoms with van der Waals surface area (Å²) in [6, 6.07) is 0. The predicted molar refractivity (Wildman–Crippen MR) is 58.1 cm³/mol. The first-order valence-corrected chi connectivity index (χ1v) is 5.61. The molecule has 1 atom stereocenters. The molecule has 1 rings (SSSR count). The van der Waals surface area contributed by atoms with Gasteiger partial charge >= 0.3 is 0 Å². The van der Waals surface area contributed by atoms with Crippen LogP contribution in [0.25, 0.3) is 0 Å². The van der Waals surface area contributed by atoms with Gasteiger partial charge in [0.1, 0.15) is 0 Å². The van der Waals surface area contributed by atoms with Gasteiger partial charge < -0.3 is 10.2 Å². The standard InChI is InChI=1S/C11H22N2O/c1-13(2)11(14)7-6-10-5-3-4-8-12-9-10/h10,12H,3-9H2,1-2H3. The Morgan fingerprint density at radius 1 is 1.43 bits per heavy atom. The Bertz CT molecular complexity index is 172. The molecule has 0 spiro atoms. The van der Waals surface area contributed by atoms with Gasteiger partial charge in [-0.1, -0.05) is 6.42 Å². The number of rotatable bonds is 3. The average molecular weight is 198 g/mol. The Kier molecular flexibility index (Phi) is 4.94. The van der Waals surface area contributed by atoms with Crippen molar-refractivity contribution in [3.8, 4) is 0 Å². The quantitative estimate of drug-likeness (QED) is 0.740. The van der Waals surface area contributed by atoms with Crippen LogP contribution in [0.2, 0.25) is 0 Å². The van der Waals surface area contributed by atoms with Crippen LogP contribution in [-0.2, 0) is 4.79 Å². The van der Waals surface area contributed by atoms with E-state index in [0.717, 1.165) is 19.5 Å². The third kappa shape index (κ3) is 4.09. The number of carbonyl (C=O) groups excluding carboxylic acids is 1. The molecule has 1 aliphatic rings. The molecule has 1 amide bonds. The number of hydrogen-bond acceptors (Lipinski definition) is 2. The van der Waals surface area contributed by atoms with Crippen LogP contribution in [0.1, 0.15) is 32.1 Å². The molecular weight excluding hydrogens is 176 g/mol. The zero-order chi connectivity index (χ0) is 10.4. The first kappa shape index (κ1) is 11.5. The van der Waals surface area contributed by atoms with E-state index < -0.39 is 0 Å². The van der Waals surface area contributed by atoms with Crippen LogP contribution in [0.3, 0.4) is 0 Å². The Morgan fingerprint density at radius 2 is 2.21 bits per heavy atom. The summed E-state index contributed by atoms with van der Waals surface area (Å²) in [5.74, 6) is 0.968. The highest BCUT2D eigenvalue weighted by Crippen LogP contribution is 2.16. The van der Waals surface area contributed by atoms with Gasteiger partial charge in [-0.25, -0.2) is 0 Å². The molecule has 0 bridgehead atoms. The Morgan fingerprint density at radius 3 is 2.93 bits per heavy atom. The molecule has 3 nitrogen and oxygen atoms in total. The molecule has 0 aromatic rings. The molecule has 0 aromatic carbocycles. The molecule has 0 saturated carbocycles. The number of nitrogens with one attached hydrogen (secondary N) is 1. The van der Waals surface area contributed by atoms with E-state index in [2.05, 4.69) is 5.32 Å². The molecule has 1 N–H and O–H groups in total. The number of nitrogens with zero attached hydrogens (tertiary/aromatic N) is 1. The summed E-state index contributed by atoms with van der Waals surface area (Å²) in [4.78, 5) is 13.1. The molecule has 14 heavy (non-hydrogen) atoms. The van der Waals surface area contributed by atoms with Gasteiger partial charge in [0.2, 0.25) is 5.91 Å². The van der Waals surface area contributed by atoms with Crippen molar-refractivity contribution in [2.45, 2.75) is 32.1 Å². The summed E-state index contributed by atoms with van der Waals surface area (Å²) >= 11 is 0. The van der Waals surface area contributed by atoms with Crippen LogP contribution in [0.5, 0.6) is 0 Å². The van der Waals surface area contributed by atoms with Crippen LogP contribution in [0.4, 0.5) is 0 Å². The van der Waals surface area contributed by atoms with Crippen molar-refractivity contribution in [3.63, 3.8) is 0 Å². The van der Waals surface area contributed by atoms with Crippen molar-refractivity contribution >= 4 is 5.91 Å². The number of hydrogen-bond donors (Lipinski definition) is 1. The summed E-state index contributed by atoms with van der Waals surface area (Å²) in [6.07, 6.45) is 5.64. The lowest BCUT2D eigenvalue weighted by molar-refractivity contribution is -0.129. The molecule has 0 radical (unpaired) electrons. The molecule has 1 aliphatic heterocycles. The number of carbonyl (C=O) groups is 1. The van der Waals surface area contributed by atoms with E-state index in [1.807, 2.05) is 14.1 Å². The van der Waals surface area contributed by atoms with Gasteiger partial charge in [-0.15, -0.1) is 0 Å². The van der Waals surface area contributed by atoms with Crippen molar-refractivity contribution in [3.05, 3.63) is 0 Å². The fourth-order valence-electron chi connectivity index (χ4n) is 1.89. The van der Waals surface area contributed by atoms with Crippen LogP contribution in [0, 0.1) is 5.92 Å². The van der Waals surface area contributed by atoms with Crippen molar-refractivity contribution in [1.29, 1.82) is 0 Å². The fourth-order valence-corrected chi connectivity index (χ4v) is 1.89. The van der Waals surface area contributed by atoms with E-state index in [0.29, 0.717) is 12.3 Å². The van der Waals surface area contributed by atoms with E-state index in [1.165, 1.54) is 19.3 Å². The van der Waals surface area contributed by atoms with Crippen LogP contribution < -0.4 is 5.32 Å². The molecule has 1 heterocycles. The third-order valence-corrected chi connectivity index (χ3v) is 2.91. The van der Waals surface area contributed by atoms with Gasteiger partial charge in [-0.2, -0.15) is 0 Å². The van der Waals surface area contributed by atoms with Crippen LogP contribution >= 0.6 is 0 Å². The van der Waals surface area contributed by atoms with Gasteiger partial charge in [0.25, 0.3) is 0 Å². The highest BCUT2D eigenvalue weighted by atomic mass is 16.2. The molecule has 82 valence electrons. The summed E-state index contributed by atoms with van der Waals surface area (Å²) < 4.78 is 0. The summed E-state index contributed by atoms with van der Waals surface area (Å²) in [7, 11) is 3.65. The highest BCUT2D eigenvalue weighted by Gasteiger charge is 2.13. The van der Waals surface area contributed by atoms with E-state index >= 15 is 0 Å². The topological polar surface area (TPSA) is 32.3 Å². The molecule has 1 fully saturated rings. The summed E-state index contributed by atoms with van der Waals surface area (Å²) in [5.41, 5.74) is 0. The van der Waals surface area contributed by atoms with Crippen molar-refractivity contribution in [2.24, 2.45) is 5.92 Å². The summed E-state index contributed by atoms with van der Waals surface area (Å²) in [5, 5.41) is 3.43. The second kappa shape index (κ2) is 6.02. The lowest BCUT2D eigenvalue weighted by atomic mass is 9.98. The van der Waals surface area contributed by atoms with Crippen molar-refractivity contribution in [1.82, 2.24) is 10.2 Å². The van der Waals surface area contributed by atoms with Gasteiger partial charge in [0, 0.05) is 20.5 Å². The minimum absolute atomic E-state index is 0.259. The molecular formula is C11H22N2O.